The van der Waals surface area contributed by atoms with Crippen molar-refractivity contribution in [2.75, 3.05) is 14.7 Å². The Labute approximate surface area is 509 Å². The number of nitrogens with zero attached hydrogens (tertiary/aromatic N) is 5. The first-order chi connectivity index (χ1) is 43.7. The molecule has 0 spiro atoms. The quantitative estimate of drug-likeness (QED) is 0.122. The van der Waals surface area contributed by atoms with Crippen LogP contribution in [-0.4, -0.2) is 9.13 Å². The number of furan rings is 1. The zero-order chi connectivity index (χ0) is 58.1. The lowest BCUT2D eigenvalue weighted by atomic mass is 10.0. The smallest absolute Gasteiger partial charge is 0.145 e. The highest BCUT2D eigenvalue weighted by atomic mass is 16.3. The van der Waals surface area contributed by atoms with Crippen LogP contribution in [-0.2, 0) is 0 Å². The highest BCUT2D eigenvalue weighted by Crippen LogP contribution is 2.47. The van der Waals surface area contributed by atoms with Gasteiger partial charge in [0.2, 0.25) is 0 Å². The summed E-state index contributed by atoms with van der Waals surface area (Å²) < 4.78 is 12.1. The van der Waals surface area contributed by atoms with Gasteiger partial charge in [0.25, 0.3) is 0 Å². The van der Waals surface area contributed by atoms with Gasteiger partial charge < -0.3 is 28.3 Å². The number of rotatable bonds is 12. The molecule has 0 saturated carbocycles. The summed E-state index contributed by atoms with van der Waals surface area (Å²) >= 11 is 0. The van der Waals surface area contributed by atoms with Crippen molar-refractivity contribution in [1.82, 2.24) is 9.13 Å². The van der Waals surface area contributed by atoms with Gasteiger partial charge in [-0.3, -0.25) is 0 Å². The molecule has 0 amide bonds. The van der Waals surface area contributed by atoms with Crippen molar-refractivity contribution in [3.8, 4) is 22.5 Å². The molecule has 0 atom stereocenters. The Balaban J connectivity index is 0.724. The third-order valence-corrected chi connectivity index (χ3v) is 17.5. The van der Waals surface area contributed by atoms with Crippen LogP contribution in [0.15, 0.2) is 338 Å². The summed E-state index contributed by atoms with van der Waals surface area (Å²) in [6.45, 7) is 0. The summed E-state index contributed by atoms with van der Waals surface area (Å²) in [6.07, 6.45) is 0. The summed E-state index contributed by atoms with van der Waals surface area (Å²) in [6, 6.07) is 120. The van der Waals surface area contributed by atoms with E-state index in [0.29, 0.717) is 0 Å². The summed E-state index contributed by atoms with van der Waals surface area (Å²) in [4.78, 5) is 6.98. The predicted molar refractivity (Wildman–Crippen MR) is 369 cm³/mol. The lowest BCUT2D eigenvalue weighted by Crippen LogP contribution is -2.10. The fourth-order valence-corrected chi connectivity index (χ4v) is 13.5. The van der Waals surface area contributed by atoms with Gasteiger partial charge in [-0.1, -0.05) is 170 Å². The molecule has 17 aromatic rings. The maximum absolute atomic E-state index is 7.37. The molecule has 14 aromatic carbocycles. The van der Waals surface area contributed by atoms with Crippen LogP contribution >= 0.6 is 0 Å². The maximum atomic E-state index is 7.37. The minimum Gasteiger partial charge on any atom is -0.455 e. The van der Waals surface area contributed by atoms with Crippen LogP contribution < -0.4 is 14.7 Å². The van der Waals surface area contributed by atoms with Gasteiger partial charge in [0.1, 0.15) is 11.2 Å². The molecular weight excluding hydrogens is 1070 g/mol. The average molecular weight is 1130 g/mol. The molecule has 0 saturated heterocycles. The van der Waals surface area contributed by atoms with E-state index in [2.05, 4.69) is 357 Å². The fraction of sp³-hybridized carbons (Fsp3) is 0. The highest BCUT2D eigenvalue weighted by Gasteiger charge is 2.24. The molecule has 0 aliphatic carbocycles. The first kappa shape index (κ1) is 50.6. The molecular formula is C82H55N5O. The van der Waals surface area contributed by atoms with Crippen LogP contribution in [0.2, 0.25) is 0 Å². The molecule has 0 aliphatic rings. The van der Waals surface area contributed by atoms with Gasteiger partial charge in [0.15, 0.2) is 0 Å². The second kappa shape index (κ2) is 21.0. The van der Waals surface area contributed by atoms with E-state index in [1.54, 1.807) is 0 Å². The van der Waals surface area contributed by atoms with E-state index in [1.807, 2.05) is 0 Å². The van der Waals surface area contributed by atoms with Crippen LogP contribution in [0, 0.1) is 0 Å². The van der Waals surface area contributed by atoms with Crippen LogP contribution in [0.5, 0.6) is 0 Å². The minimum absolute atomic E-state index is 0.887. The van der Waals surface area contributed by atoms with E-state index in [0.717, 1.165) is 139 Å². The van der Waals surface area contributed by atoms with E-state index in [1.165, 1.54) is 10.8 Å². The number of para-hydroxylation sites is 6. The lowest BCUT2D eigenvalue weighted by Gasteiger charge is -2.27. The summed E-state index contributed by atoms with van der Waals surface area (Å²) in [5.74, 6) is 0. The number of benzene rings is 14. The Morgan fingerprint density at radius 3 is 0.977 bits per heavy atom. The monoisotopic (exact) mass is 1130 g/mol. The molecule has 6 nitrogen and oxygen atoms in total. The standard InChI is InChI=1S/C82H55N5O/c1-5-22-59(23-6-1)83(60-24-7-2-8-25-60)63-40-36-56(37-41-63)57-38-42-64(43-39-57)84(61-26-9-3-10-27-61)65-44-48-67(49-45-65)86-75-33-17-15-31-72(75)79-77(86)54-52-70-71-53-55-78-80(82(71)88-81(70)79)73-32-16-18-34-76(73)87(78)68-50-46-66(47-51-68)85(62-28-11-4-12-29-62)74-35-19-21-58-20-13-14-30-69(58)74/h1-55H. The Kier molecular flexibility index (Phi) is 12.1. The molecule has 88 heavy (non-hydrogen) atoms. The van der Waals surface area contributed by atoms with Crippen molar-refractivity contribution in [2.45, 2.75) is 0 Å². The Hall–Kier alpha value is -11.9. The van der Waals surface area contributed by atoms with Crippen molar-refractivity contribution < 1.29 is 4.42 Å². The third-order valence-electron chi connectivity index (χ3n) is 17.5. The van der Waals surface area contributed by atoms with Gasteiger partial charge in [0, 0.05) is 83.8 Å². The van der Waals surface area contributed by atoms with Gasteiger partial charge in [0.05, 0.1) is 38.5 Å². The van der Waals surface area contributed by atoms with Crippen LogP contribution in [0.3, 0.4) is 0 Å². The van der Waals surface area contributed by atoms with Crippen molar-refractivity contribution >= 4 is 128 Å². The normalized spacial score (nSPS) is 11.6. The van der Waals surface area contributed by atoms with Gasteiger partial charge >= 0.3 is 0 Å². The molecule has 17 rings (SSSR count). The van der Waals surface area contributed by atoms with E-state index in [4.69, 9.17) is 4.42 Å². The van der Waals surface area contributed by atoms with Crippen molar-refractivity contribution in [2.24, 2.45) is 0 Å². The zero-order valence-electron chi connectivity index (χ0n) is 47.9. The van der Waals surface area contributed by atoms with E-state index >= 15 is 0 Å². The van der Waals surface area contributed by atoms with Crippen molar-refractivity contribution in [3.05, 3.63) is 334 Å². The fourth-order valence-electron chi connectivity index (χ4n) is 13.5. The topological polar surface area (TPSA) is 32.7 Å². The predicted octanol–water partition coefficient (Wildman–Crippen LogP) is 23.0. The van der Waals surface area contributed by atoms with E-state index < -0.39 is 0 Å². The molecule has 0 unspecified atom stereocenters. The first-order valence-electron chi connectivity index (χ1n) is 30.0. The summed E-state index contributed by atoms with van der Waals surface area (Å²) in [5, 5.41) is 9.08. The molecule has 0 fully saturated rings. The molecule has 0 bridgehead atoms. The maximum Gasteiger partial charge on any atom is 0.145 e. The van der Waals surface area contributed by atoms with Crippen molar-refractivity contribution in [1.29, 1.82) is 0 Å². The average Bonchev–Trinajstić information content (AvgIpc) is 1.62. The number of hydrogen-bond donors (Lipinski definition) is 0. The van der Waals surface area contributed by atoms with Gasteiger partial charge in [-0.15, -0.1) is 0 Å². The van der Waals surface area contributed by atoms with Crippen molar-refractivity contribution in [3.63, 3.8) is 0 Å². The second-order valence-electron chi connectivity index (χ2n) is 22.5. The molecule has 3 heterocycles. The van der Waals surface area contributed by atoms with Crippen LogP contribution in [0.25, 0.3) is 98.8 Å². The third kappa shape index (κ3) is 8.41. The van der Waals surface area contributed by atoms with Crippen LogP contribution in [0.4, 0.5) is 51.2 Å². The SMILES string of the molecule is c1ccc(N(c2ccccc2)c2ccc(-c3ccc(N(c4ccccc4)c4ccc(-n5c6ccccc6c6c7oc8c(ccc9c8c8ccccc8n9-c8ccc(N(c9ccccc9)c9cccc%10ccccc9%10)cc8)c7ccc65)cc4)cc3)cc2)cc1. The number of hydrogen-bond acceptors (Lipinski definition) is 4. The number of anilines is 9. The molecule has 0 radical (unpaired) electrons. The highest BCUT2D eigenvalue weighted by molar-refractivity contribution is 6.29. The molecule has 414 valence electrons. The Bertz CT molecular complexity index is 5360. The zero-order valence-corrected chi connectivity index (χ0v) is 47.9. The summed E-state index contributed by atoms with van der Waals surface area (Å²) in [7, 11) is 0. The number of aromatic nitrogens is 2. The second-order valence-corrected chi connectivity index (χ2v) is 22.5. The van der Waals surface area contributed by atoms with Crippen LogP contribution in [0.1, 0.15) is 0 Å². The molecule has 3 aromatic heterocycles. The van der Waals surface area contributed by atoms with E-state index in [9.17, 15) is 0 Å². The molecule has 0 aliphatic heterocycles. The minimum atomic E-state index is 0.887. The summed E-state index contributed by atoms with van der Waals surface area (Å²) in [5.41, 5.74) is 20.5. The first-order valence-corrected chi connectivity index (χ1v) is 30.0. The molecule has 0 N–H and O–H groups in total. The van der Waals surface area contributed by atoms with E-state index in [-0.39, 0.29) is 0 Å². The molecule has 6 heteroatoms. The van der Waals surface area contributed by atoms with Gasteiger partial charge in [-0.2, -0.15) is 0 Å². The largest absolute Gasteiger partial charge is 0.455 e. The Morgan fingerprint density at radius 1 is 0.216 bits per heavy atom. The lowest BCUT2D eigenvalue weighted by molar-refractivity contribution is 0.677. The van der Waals surface area contributed by atoms with Gasteiger partial charge in [-0.05, 0) is 180 Å². The Morgan fingerprint density at radius 2 is 0.545 bits per heavy atom. The van der Waals surface area contributed by atoms with Gasteiger partial charge in [-0.25, -0.2) is 0 Å². The number of fused-ring (bicyclic) bond motifs is 12.